The molecule has 4 nitrogen and oxygen atoms in total. The van der Waals surface area contributed by atoms with E-state index in [1.807, 2.05) is 7.11 Å². The Bertz CT molecular complexity index is 321. The summed E-state index contributed by atoms with van der Waals surface area (Å²) in [6, 6.07) is 0.414. The van der Waals surface area contributed by atoms with E-state index in [0.717, 1.165) is 31.7 Å². The van der Waals surface area contributed by atoms with Crippen molar-refractivity contribution in [2.24, 2.45) is 22.1 Å². The van der Waals surface area contributed by atoms with Gasteiger partial charge in [0.15, 0.2) is 5.96 Å². The number of nitrogens with zero attached hydrogens (tertiary/aromatic N) is 1. The van der Waals surface area contributed by atoms with Crippen LogP contribution in [0.4, 0.5) is 0 Å². The van der Waals surface area contributed by atoms with Crippen LogP contribution in [-0.4, -0.2) is 31.8 Å². The molecule has 2 fully saturated rings. The fraction of sp³-hybridized carbons (Fsp3) is 0.933. The summed E-state index contributed by atoms with van der Waals surface area (Å²) in [7, 11) is 1.81. The second kappa shape index (κ2) is 6.12. The maximum atomic E-state index is 6.03. The van der Waals surface area contributed by atoms with Crippen molar-refractivity contribution in [3.63, 3.8) is 0 Å². The van der Waals surface area contributed by atoms with Gasteiger partial charge in [-0.2, -0.15) is 0 Å². The molecule has 0 aromatic carbocycles. The van der Waals surface area contributed by atoms with Crippen LogP contribution in [0.5, 0.6) is 0 Å². The van der Waals surface area contributed by atoms with Crippen molar-refractivity contribution in [2.45, 2.75) is 64.5 Å². The molecule has 2 unspecified atom stereocenters. The number of methoxy groups -OCH3 is 1. The van der Waals surface area contributed by atoms with Crippen LogP contribution in [0.15, 0.2) is 4.99 Å². The average Bonchev–Trinajstić information content (AvgIpc) is 2.34. The molecule has 2 saturated carbocycles. The Morgan fingerprint density at radius 3 is 2.53 bits per heavy atom. The highest BCUT2D eigenvalue weighted by molar-refractivity contribution is 5.78. The minimum atomic E-state index is 0.228. The summed E-state index contributed by atoms with van der Waals surface area (Å²) in [5, 5.41) is 3.42. The number of hydrogen-bond donors (Lipinski definition) is 2. The number of aliphatic imine (C=N–C) groups is 1. The quantitative estimate of drug-likeness (QED) is 0.573. The molecule has 2 aliphatic rings. The van der Waals surface area contributed by atoms with Gasteiger partial charge in [-0.3, -0.25) is 4.99 Å². The Morgan fingerprint density at radius 1 is 1.37 bits per heavy atom. The molecule has 2 atom stereocenters. The molecule has 0 saturated heterocycles. The van der Waals surface area contributed by atoms with E-state index in [9.17, 15) is 0 Å². The predicted octanol–water partition coefficient (Wildman–Crippen LogP) is 2.28. The van der Waals surface area contributed by atoms with Crippen molar-refractivity contribution in [1.29, 1.82) is 0 Å². The van der Waals surface area contributed by atoms with Crippen LogP contribution in [-0.2, 0) is 4.74 Å². The van der Waals surface area contributed by atoms with Gasteiger partial charge in [-0.05, 0) is 38.0 Å². The zero-order chi connectivity index (χ0) is 13.9. The number of nitrogens with one attached hydrogen (secondary N) is 1. The Balaban J connectivity index is 1.87. The maximum Gasteiger partial charge on any atom is 0.188 e. The first-order valence-electron chi connectivity index (χ1n) is 7.75. The Kier molecular flexibility index (Phi) is 4.71. The molecule has 4 heteroatoms. The van der Waals surface area contributed by atoms with Crippen LogP contribution in [0.3, 0.4) is 0 Å². The number of guanidine groups is 1. The molecule has 0 aromatic heterocycles. The topological polar surface area (TPSA) is 59.6 Å². The van der Waals surface area contributed by atoms with Crippen LogP contribution in [0.2, 0.25) is 0 Å². The fourth-order valence-corrected chi connectivity index (χ4v) is 3.61. The SMILES string of the molecule is CCC1(CC)C(NC(N)=NCC2CCC2)CC1OC. The number of nitrogens with two attached hydrogens (primary N) is 1. The van der Waals surface area contributed by atoms with Gasteiger partial charge in [0.25, 0.3) is 0 Å². The average molecular weight is 267 g/mol. The van der Waals surface area contributed by atoms with Crippen LogP contribution in [0, 0.1) is 11.3 Å². The minimum Gasteiger partial charge on any atom is -0.381 e. The first-order valence-corrected chi connectivity index (χ1v) is 7.75. The third-order valence-corrected chi connectivity index (χ3v) is 5.45. The smallest absolute Gasteiger partial charge is 0.188 e. The van der Waals surface area contributed by atoms with Crippen LogP contribution < -0.4 is 11.1 Å². The molecule has 2 aliphatic carbocycles. The van der Waals surface area contributed by atoms with Gasteiger partial charge in [0.05, 0.1) is 6.10 Å². The lowest BCUT2D eigenvalue weighted by Crippen LogP contribution is -2.65. The fourth-order valence-electron chi connectivity index (χ4n) is 3.61. The molecule has 2 rings (SSSR count). The normalized spacial score (nSPS) is 30.6. The highest BCUT2D eigenvalue weighted by Gasteiger charge is 2.53. The van der Waals surface area contributed by atoms with Gasteiger partial charge < -0.3 is 15.8 Å². The second-order valence-corrected chi connectivity index (χ2v) is 6.12. The molecule has 0 spiro atoms. The van der Waals surface area contributed by atoms with E-state index < -0.39 is 0 Å². The van der Waals surface area contributed by atoms with Gasteiger partial charge in [0.1, 0.15) is 0 Å². The molecule has 0 radical (unpaired) electrons. The molecule has 0 aromatic rings. The Hall–Kier alpha value is -0.770. The molecule has 0 amide bonds. The van der Waals surface area contributed by atoms with Crippen molar-refractivity contribution in [3.05, 3.63) is 0 Å². The van der Waals surface area contributed by atoms with Crippen molar-refractivity contribution in [1.82, 2.24) is 5.32 Å². The van der Waals surface area contributed by atoms with Crippen LogP contribution in [0.25, 0.3) is 0 Å². The number of hydrogen-bond acceptors (Lipinski definition) is 2. The van der Waals surface area contributed by atoms with E-state index in [1.165, 1.54) is 19.3 Å². The summed E-state index contributed by atoms with van der Waals surface area (Å²) in [6.45, 7) is 5.38. The van der Waals surface area contributed by atoms with Gasteiger partial charge >= 0.3 is 0 Å². The van der Waals surface area contributed by atoms with E-state index in [2.05, 4.69) is 24.2 Å². The van der Waals surface area contributed by atoms with Gasteiger partial charge in [0.2, 0.25) is 0 Å². The molecule has 110 valence electrons. The summed E-state index contributed by atoms with van der Waals surface area (Å²) in [5.41, 5.74) is 6.25. The number of ether oxygens (including phenoxy) is 1. The highest BCUT2D eigenvalue weighted by Crippen LogP contribution is 2.48. The lowest BCUT2D eigenvalue weighted by atomic mass is 9.58. The summed E-state index contributed by atoms with van der Waals surface area (Å²) >= 11 is 0. The lowest BCUT2D eigenvalue weighted by molar-refractivity contribution is -0.118. The summed E-state index contributed by atoms with van der Waals surface area (Å²) in [4.78, 5) is 4.50. The van der Waals surface area contributed by atoms with Gasteiger partial charge in [-0.1, -0.05) is 20.3 Å². The van der Waals surface area contributed by atoms with Crippen molar-refractivity contribution < 1.29 is 4.74 Å². The predicted molar refractivity (Wildman–Crippen MR) is 79.2 cm³/mol. The van der Waals surface area contributed by atoms with E-state index in [4.69, 9.17) is 10.5 Å². The number of rotatable bonds is 6. The van der Waals surface area contributed by atoms with E-state index in [1.54, 1.807) is 0 Å². The second-order valence-electron chi connectivity index (χ2n) is 6.12. The third-order valence-electron chi connectivity index (χ3n) is 5.45. The van der Waals surface area contributed by atoms with Gasteiger partial charge in [-0.25, -0.2) is 0 Å². The molecule has 3 N–H and O–H groups in total. The third kappa shape index (κ3) is 2.73. The maximum absolute atomic E-state index is 6.03. The van der Waals surface area contributed by atoms with Crippen molar-refractivity contribution in [3.8, 4) is 0 Å². The summed E-state index contributed by atoms with van der Waals surface area (Å²) in [6.07, 6.45) is 7.64. The zero-order valence-electron chi connectivity index (χ0n) is 12.6. The largest absolute Gasteiger partial charge is 0.381 e. The van der Waals surface area contributed by atoms with Gasteiger partial charge in [-0.15, -0.1) is 0 Å². The molecule has 19 heavy (non-hydrogen) atoms. The first-order chi connectivity index (χ1) is 9.16. The molecular formula is C15H29N3O. The monoisotopic (exact) mass is 267 g/mol. The Labute approximate surface area is 117 Å². The molecule has 0 bridgehead atoms. The van der Waals surface area contributed by atoms with E-state index >= 15 is 0 Å². The first kappa shape index (κ1) is 14.6. The van der Waals surface area contributed by atoms with E-state index in [-0.39, 0.29) is 5.41 Å². The Morgan fingerprint density at radius 2 is 2.05 bits per heavy atom. The standard InChI is InChI=1S/C15H29N3O/c1-4-15(5-2)12(9-13(15)19-3)18-14(16)17-10-11-7-6-8-11/h11-13H,4-10H2,1-3H3,(H3,16,17,18). The highest BCUT2D eigenvalue weighted by atomic mass is 16.5. The summed E-state index contributed by atoms with van der Waals surface area (Å²) in [5.74, 6) is 1.40. The molecule has 0 aliphatic heterocycles. The molecular weight excluding hydrogens is 238 g/mol. The van der Waals surface area contributed by atoms with Crippen molar-refractivity contribution >= 4 is 5.96 Å². The van der Waals surface area contributed by atoms with Gasteiger partial charge in [0, 0.05) is 25.1 Å². The van der Waals surface area contributed by atoms with E-state index in [0.29, 0.717) is 18.1 Å². The van der Waals surface area contributed by atoms with Crippen LogP contribution in [0.1, 0.15) is 52.4 Å². The molecule has 0 heterocycles. The van der Waals surface area contributed by atoms with Crippen molar-refractivity contribution in [2.75, 3.05) is 13.7 Å². The lowest BCUT2D eigenvalue weighted by Gasteiger charge is -2.55. The minimum absolute atomic E-state index is 0.228. The van der Waals surface area contributed by atoms with Crippen LogP contribution >= 0.6 is 0 Å². The zero-order valence-corrected chi connectivity index (χ0v) is 12.6. The summed E-state index contributed by atoms with van der Waals surface area (Å²) < 4.78 is 5.60.